The molecule has 0 fully saturated rings. The van der Waals surface area contributed by atoms with Gasteiger partial charge < -0.3 is 0 Å². The summed E-state index contributed by atoms with van der Waals surface area (Å²) in [7, 11) is 2.03. The summed E-state index contributed by atoms with van der Waals surface area (Å²) in [6.07, 6.45) is 0. The molecule has 0 N–H and O–H groups in total. The standard InChI is InChI=1S/C25H27N2/c1-17(2)20-14-10-12-19(4)24(20)27-23-16-9-8-15-22(23)26(5)25(27)21-13-7-6-11-18(21)3/h6-17H,1-5H3/q+1/i1D3,17D. The molecule has 2 nitrogen and oxygen atoms in total. The number of aryl methyl sites for hydroxylation is 3. The molecule has 0 saturated heterocycles. The minimum absolute atomic E-state index is 0.490. The van der Waals surface area contributed by atoms with Crippen molar-refractivity contribution in [3.63, 3.8) is 0 Å². The molecule has 1 aromatic heterocycles. The Morgan fingerprint density at radius 1 is 0.926 bits per heavy atom. The van der Waals surface area contributed by atoms with Crippen LogP contribution in [0.25, 0.3) is 28.1 Å². The molecule has 0 spiro atoms. The van der Waals surface area contributed by atoms with Gasteiger partial charge in [0, 0.05) is 11.0 Å². The van der Waals surface area contributed by atoms with Crippen molar-refractivity contribution in [1.82, 2.24) is 4.57 Å². The molecule has 136 valence electrons. The lowest BCUT2D eigenvalue weighted by atomic mass is 9.97. The molecule has 0 aliphatic carbocycles. The highest BCUT2D eigenvalue weighted by Gasteiger charge is 2.29. The monoisotopic (exact) mass is 359 g/mol. The van der Waals surface area contributed by atoms with Gasteiger partial charge in [0.2, 0.25) is 0 Å². The van der Waals surface area contributed by atoms with Gasteiger partial charge in [0.15, 0.2) is 11.0 Å². The summed E-state index contributed by atoms with van der Waals surface area (Å²) >= 11 is 0. The number of rotatable bonds is 3. The highest BCUT2D eigenvalue weighted by Crippen LogP contribution is 2.34. The van der Waals surface area contributed by atoms with Crippen molar-refractivity contribution in [3.05, 3.63) is 83.4 Å². The second kappa shape index (κ2) is 6.70. The van der Waals surface area contributed by atoms with Crippen molar-refractivity contribution in [2.75, 3.05) is 0 Å². The molecule has 27 heavy (non-hydrogen) atoms. The van der Waals surface area contributed by atoms with Crippen LogP contribution in [-0.4, -0.2) is 4.57 Å². The fourth-order valence-electron chi connectivity index (χ4n) is 3.92. The molecule has 0 aliphatic rings. The topological polar surface area (TPSA) is 8.81 Å². The largest absolute Gasteiger partial charge is 0.295 e. The average molecular weight is 360 g/mol. The van der Waals surface area contributed by atoms with Crippen molar-refractivity contribution in [2.45, 2.75) is 33.5 Å². The molecule has 4 aromatic rings. The van der Waals surface area contributed by atoms with Crippen molar-refractivity contribution >= 4 is 11.0 Å². The number of aromatic nitrogens is 2. The second-order valence-corrected chi connectivity index (χ2v) is 7.12. The van der Waals surface area contributed by atoms with Crippen molar-refractivity contribution in [3.8, 4) is 17.1 Å². The number of imidazole rings is 1. The van der Waals surface area contributed by atoms with E-state index in [1.165, 1.54) is 6.92 Å². The fraction of sp³-hybridized carbons (Fsp3) is 0.240. The second-order valence-electron chi connectivity index (χ2n) is 7.12. The lowest BCUT2D eigenvalue weighted by molar-refractivity contribution is -0.633. The molecule has 1 unspecified atom stereocenters. The van der Waals surface area contributed by atoms with Crippen LogP contribution in [0.15, 0.2) is 66.7 Å². The first-order valence-electron chi connectivity index (χ1n) is 11.2. The smallest absolute Gasteiger partial charge is 0.225 e. The van der Waals surface area contributed by atoms with E-state index < -0.39 is 12.7 Å². The quantitative estimate of drug-likeness (QED) is 0.405. The SMILES string of the molecule is [2H]C([2H])([2H])C([2H])(C)c1cccc(C)c1-n1c(-c2ccccc2C)[n+](C)c2ccccc21. The van der Waals surface area contributed by atoms with E-state index in [1.807, 2.05) is 56.4 Å². The van der Waals surface area contributed by atoms with E-state index in [4.69, 9.17) is 5.48 Å². The van der Waals surface area contributed by atoms with Gasteiger partial charge in [0.25, 0.3) is 5.82 Å². The lowest BCUT2D eigenvalue weighted by Gasteiger charge is -2.15. The molecule has 1 atom stereocenters. The van der Waals surface area contributed by atoms with Crippen LogP contribution >= 0.6 is 0 Å². The summed E-state index contributed by atoms with van der Waals surface area (Å²) in [5, 5.41) is 0. The zero-order chi connectivity index (χ0) is 22.6. The summed E-state index contributed by atoms with van der Waals surface area (Å²) in [4.78, 5) is 0. The van der Waals surface area contributed by atoms with E-state index in [1.54, 1.807) is 6.07 Å². The highest BCUT2D eigenvalue weighted by molar-refractivity contribution is 5.80. The van der Waals surface area contributed by atoms with E-state index in [0.717, 1.165) is 39.2 Å². The summed E-state index contributed by atoms with van der Waals surface area (Å²) in [5.74, 6) is -0.808. The number of fused-ring (bicyclic) bond motifs is 1. The van der Waals surface area contributed by atoms with Gasteiger partial charge in [0.05, 0.1) is 12.6 Å². The van der Waals surface area contributed by atoms with Gasteiger partial charge in [-0.15, -0.1) is 0 Å². The number of benzene rings is 3. The third-order valence-electron chi connectivity index (χ3n) is 5.26. The number of para-hydroxylation sites is 3. The van der Waals surface area contributed by atoms with Gasteiger partial charge in [-0.3, -0.25) is 0 Å². The van der Waals surface area contributed by atoms with Gasteiger partial charge in [-0.1, -0.05) is 62.3 Å². The summed E-state index contributed by atoms with van der Waals surface area (Å²) < 4.78 is 37.3. The van der Waals surface area contributed by atoms with Crippen molar-refractivity contribution < 1.29 is 10.1 Å². The predicted molar refractivity (Wildman–Crippen MR) is 113 cm³/mol. The van der Waals surface area contributed by atoms with E-state index >= 15 is 0 Å². The predicted octanol–water partition coefficient (Wildman–Crippen LogP) is 5.86. The molecule has 2 heteroatoms. The molecule has 0 aliphatic heterocycles. The zero-order valence-electron chi connectivity index (χ0n) is 20.2. The van der Waals surface area contributed by atoms with E-state index in [2.05, 4.69) is 34.3 Å². The van der Waals surface area contributed by atoms with Gasteiger partial charge in [-0.2, -0.15) is 4.57 Å². The maximum Gasteiger partial charge on any atom is 0.295 e. The molecular weight excluding hydrogens is 328 g/mol. The molecule has 0 saturated carbocycles. The Balaban J connectivity index is 2.20. The first-order valence-corrected chi connectivity index (χ1v) is 9.21. The maximum absolute atomic E-state index is 8.86. The molecule has 0 radical (unpaired) electrons. The third kappa shape index (κ3) is 2.76. The van der Waals surface area contributed by atoms with Gasteiger partial charge in [-0.05, 0) is 49.1 Å². The Kier molecular flexibility index (Phi) is 3.30. The minimum atomic E-state index is -2.47. The average Bonchev–Trinajstić information content (AvgIpc) is 3.00. The van der Waals surface area contributed by atoms with Crippen LogP contribution in [-0.2, 0) is 7.05 Å². The Morgan fingerprint density at radius 3 is 2.41 bits per heavy atom. The highest BCUT2D eigenvalue weighted by atomic mass is 15.2. The van der Waals surface area contributed by atoms with E-state index in [9.17, 15) is 0 Å². The summed E-state index contributed by atoms with van der Waals surface area (Å²) in [5.41, 5.74) is 6.37. The van der Waals surface area contributed by atoms with Crippen LogP contribution in [0.3, 0.4) is 0 Å². The van der Waals surface area contributed by atoms with Crippen LogP contribution in [0.4, 0.5) is 0 Å². The number of nitrogens with zero attached hydrogens (tertiary/aromatic N) is 2. The third-order valence-corrected chi connectivity index (χ3v) is 5.26. The first kappa shape index (κ1) is 13.3. The van der Waals surface area contributed by atoms with Crippen molar-refractivity contribution in [1.29, 1.82) is 0 Å². The summed E-state index contributed by atoms with van der Waals surface area (Å²) in [6.45, 7) is 3.07. The number of hydrogen-bond acceptors (Lipinski definition) is 0. The van der Waals surface area contributed by atoms with Crippen molar-refractivity contribution in [2.24, 2.45) is 7.05 Å². The van der Waals surface area contributed by atoms with Crippen LogP contribution in [0, 0.1) is 13.8 Å². The van der Waals surface area contributed by atoms with E-state index in [0.29, 0.717) is 5.56 Å². The molecular formula is C25H27N2+. The van der Waals surface area contributed by atoms with Crippen LogP contribution in [0.1, 0.15) is 41.8 Å². The van der Waals surface area contributed by atoms with Crippen LogP contribution in [0.2, 0.25) is 0 Å². The van der Waals surface area contributed by atoms with Gasteiger partial charge in [0.1, 0.15) is 5.69 Å². The van der Waals surface area contributed by atoms with Gasteiger partial charge in [-0.25, -0.2) is 4.57 Å². The molecule has 0 amide bonds. The molecule has 1 heterocycles. The normalized spacial score (nSPS) is 16.3. The minimum Gasteiger partial charge on any atom is -0.225 e. The Bertz CT molecular complexity index is 1280. The van der Waals surface area contributed by atoms with E-state index in [-0.39, 0.29) is 0 Å². The fourth-order valence-corrected chi connectivity index (χ4v) is 3.92. The first-order chi connectivity index (χ1) is 14.6. The van der Waals surface area contributed by atoms with Crippen LogP contribution < -0.4 is 4.57 Å². The Hall–Kier alpha value is -2.87. The zero-order valence-corrected chi connectivity index (χ0v) is 16.2. The molecule has 4 rings (SSSR count). The lowest BCUT2D eigenvalue weighted by Crippen LogP contribution is -2.30. The Morgan fingerprint density at radius 2 is 1.63 bits per heavy atom. The van der Waals surface area contributed by atoms with Gasteiger partial charge >= 0.3 is 0 Å². The van der Waals surface area contributed by atoms with Crippen LogP contribution in [0.5, 0.6) is 0 Å². The number of hydrogen-bond donors (Lipinski definition) is 0. The maximum atomic E-state index is 8.86. The Labute approximate surface area is 167 Å². The molecule has 3 aromatic carbocycles. The summed E-state index contributed by atoms with van der Waals surface area (Å²) in [6, 6.07) is 21.9. The molecule has 0 bridgehead atoms.